The van der Waals surface area contributed by atoms with E-state index in [9.17, 15) is 0 Å². The van der Waals surface area contributed by atoms with Gasteiger partial charge in [0.25, 0.3) is 0 Å². The van der Waals surface area contributed by atoms with Crippen LogP contribution in [0, 0.1) is 0 Å². The third-order valence-corrected chi connectivity index (χ3v) is 2.40. The van der Waals surface area contributed by atoms with Gasteiger partial charge in [-0.25, -0.2) is 4.68 Å². The molecular formula is C12H9N5. The molecule has 0 amide bonds. The largest absolute Gasteiger partial charge is 0.265 e. The smallest absolute Gasteiger partial charge is 0.113 e. The van der Waals surface area contributed by atoms with Gasteiger partial charge in [-0.05, 0) is 24.3 Å². The van der Waals surface area contributed by atoms with E-state index in [-0.39, 0.29) is 0 Å². The average molecular weight is 223 g/mol. The molecule has 3 heterocycles. The number of pyridine rings is 2. The fraction of sp³-hybridized carbons (Fsp3) is 0. The first-order valence-electron chi connectivity index (χ1n) is 5.16. The predicted octanol–water partition coefficient (Wildman–Crippen LogP) is 1.72. The van der Waals surface area contributed by atoms with E-state index in [2.05, 4.69) is 20.3 Å². The Morgan fingerprint density at radius 3 is 2.18 bits per heavy atom. The summed E-state index contributed by atoms with van der Waals surface area (Å²) in [5.41, 5.74) is 2.76. The van der Waals surface area contributed by atoms with Gasteiger partial charge < -0.3 is 0 Å². The maximum absolute atomic E-state index is 4.13. The topological polar surface area (TPSA) is 56.5 Å². The van der Waals surface area contributed by atoms with Crippen LogP contribution in [-0.4, -0.2) is 25.0 Å². The zero-order valence-corrected chi connectivity index (χ0v) is 8.93. The molecule has 0 saturated heterocycles. The SMILES string of the molecule is c1cc(-c2cn(-c3ccncc3)nn2)ccn1. The Morgan fingerprint density at radius 1 is 0.824 bits per heavy atom. The Balaban J connectivity index is 1.99. The van der Waals surface area contributed by atoms with Crippen LogP contribution in [0.15, 0.2) is 55.2 Å². The molecule has 0 aliphatic carbocycles. The van der Waals surface area contributed by atoms with E-state index in [0.29, 0.717) is 0 Å². The van der Waals surface area contributed by atoms with E-state index >= 15 is 0 Å². The van der Waals surface area contributed by atoms with Crippen LogP contribution < -0.4 is 0 Å². The van der Waals surface area contributed by atoms with Crippen molar-refractivity contribution in [3.05, 3.63) is 55.2 Å². The molecule has 0 aromatic carbocycles. The molecule has 0 spiro atoms. The minimum absolute atomic E-state index is 0.823. The number of hydrogen-bond donors (Lipinski definition) is 0. The first kappa shape index (κ1) is 9.65. The summed E-state index contributed by atoms with van der Waals surface area (Å²) in [6, 6.07) is 7.57. The van der Waals surface area contributed by atoms with Gasteiger partial charge in [0.15, 0.2) is 0 Å². The maximum atomic E-state index is 4.13. The molecule has 5 nitrogen and oxygen atoms in total. The third kappa shape index (κ3) is 1.90. The molecule has 3 aromatic heterocycles. The van der Waals surface area contributed by atoms with Crippen LogP contribution in [0.5, 0.6) is 0 Å². The lowest BCUT2D eigenvalue weighted by Crippen LogP contribution is -1.94. The highest BCUT2D eigenvalue weighted by molar-refractivity contribution is 5.57. The molecule has 0 saturated carbocycles. The van der Waals surface area contributed by atoms with E-state index in [1.807, 2.05) is 30.5 Å². The lowest BCUT2D eigenvalue weighted by atomic mass is 10.2. The van der Waals surface area contributed by atoms with Crippen molar-refractivity contribution in [2.45, 2.75) is 0 Å². The van der Waals surface area contributed by atoms with Gasteiger partial charge in [0, 0.05) is 30.4 Å². The fourth-order valence-electron chi connectivity index (χ4n) is 1.54. The van der Waals surface area contributed by atoms with Gasteiger partial charge in [-0.3, -0.25) is 9.97 Å². The number of rotatable bonds is 2. The standard InChI is InChI=1S/C12H9N5/c1-5-13-6-2-10(1)12-9-17(16-15-12)11-3-7-14-8-4-11/h1-9H. The Bertz CT molecular complexity index is 549. The Hall–Kier alpha value is -2.56. The molecular weight excluding hydrogens is 214 g/mol. The number of hydrogen-bond acceptors (Lipinski definition) is 4. The minimum atomic E-state index is 0.823. The maximum Gasteiger partial charge on any atom is 0.113 e. The Labute approximate surface area is 97.8 Å². The molecule has 17 heavy (non-hydrogen) atoms. The molecule has 0 atom stereocenters. The average Bonchev–Trinajstić information content (AvgIpc) is 2.90. The van der Waals surface area contributed by atoms with E-state index < -0.39 is 0 Å². The number of nitrogens with zero attached hydrogens (tertiary/aromatic N) is 5. The summed E-state index contributed by atoms with van der Waals surface area (Å²) in [4.78, 5) is 7.94. The molecule has 3 rings (SSSR count). The van der Waals surface area contributed by atoms with E-state index in [4.69, 9.17) is 0 Å². The van der Waals surface area contributed by atoms with E-state index in [1.165, 1.54) is 0 Å². The predicted molar refractivity (Wildman–Crippen MR) is 62.4 cm³/mol. The van der Waals surface area contributed by atoms with Crippen molar-refractivity contribution < 1.29 is 0 Å². The van der Waals surface area contributed by atoms with Gasteiger partial charge in [-0.2, -0.15) is 0 Å². The summed E-state index contributed by atoms with van der Waals surface area (Å²) < 4.78 is 1.72. The van der Waals surface area contributed by atoms with Crippen molar-refractivity contribution in [1.82, 2.24) is 25.0 Å². The first-order valence-corrected chi connectivity index (χ1v) is 5.16. The summed E-state index contributed by atoms with van der Waals surface area (Å²) in [6.45, 7) is 0. The van der Waals surface area contributed by atoms with Crippen LogP contribution in [0.1, 0.15) is 0 Å². The zero-order valence-electron chi connectivity index (χ0n) is 8.93. The molecule has 0 unspecified atom stereocenters. The highest BCUT2D eigenvalue weighted by Gasteiger charge is 2.04. The summed E-state index contributed by atoms with van der Waals surface area (Å²) in [7, 11) is 0. The molecule has 3 aromatic rings. The van der Waals surface area contributed by atoms with Gasteiger partial charge in [0.1, 0.15) is 5.69 Å². The summed E-state index contributed by atoms with van der Waals surface area (Å²) in [5, 5.41) is 8.21. The molecule has 82 valence electrons. The van der Waals surface area contributed by atoms with Gasteiger partial charge in [0.05, 0.1) is 11.9 Å². The molecule has 0 N–H and O–H groups in total. The van der Waals surface area contributed by atoms with Crippen molar-refractivity contribution in [2.75, 3.05) is 0 Å². The zero-order chi connectivity index (χ0) is 11.5. The van der Waals surface area contributed by atoms with Crippen molar-refractivity contribution in [3.63, 3.8) is 0 Å². The Morgan fingerprint density at radius 2 is 1.47 bits per heavy atom. The van der Waals surface area contributed by atoms with Crippen LogP contribution in [-0.2, 0) is 0 Å². The van der Waals surface area contributed by atoms with Gasteiger partial charge >= 0.3 is 0 Å². The highest BCUT2D eigenvalue weighted by atomic mass is 15.4. The second-order valence-electron chi connectivity index (χ2n) is 3.49. The summed E-state index contributed by atoms with van der Waals surface area (Å²) >= 11 is 0. The Kier molecular flexibility index (Phi) is 2.34. The van der Waals surface area contributed by atoms with Crippen molar-refractivity contribution in [2.24, 2.45) is 0 Å². The van der Waals surface area contributed by atoms with E-state index in [0.717, 1.165) is 16.9 Å². The van der Waals surface area contributed by atoms with Crippen LogP contribution in [0.2, 0.25) is 0 Å². The normalized spacial score (nSPS) is 10.4. The van der Waals surface area contributed by atoms with Crippen LogP contribution >= 0.6 is 0 Å². The summed E-state index contributed by atoms with van der Waals surface area (Å²) in [6.07, 6.45) is 8.80. The molecule has 0 aliphatic rings. The second-order valence-corrected chi connectivity index (χ2v) is 3.49. The molecule has 0 aliphatic heterocycles. The van der Waals surface area contributed by atoms with E-state index in [1.54, 1.807) is 29.5 Å². The van der Waals surface area contributed by atoms with Crippen LogP contribution in [0.4, 0.5) is 0 Å². The lowest BCUT2D eigenvalue weighted by molar-refractivity contribution is 0.802. The summed E-state index contributed by atoms with van der Waals surface area (Å²) in [5.74, 6) is 0. The quantitative estimate of drug-likeness (QED) is 0.663. The van der Waals surface area contributed by atoms with Gasteiger partial charge in [-0.1, -0.05) is 5.21 Å². The van der Waals surface area contributed by atoms with Crippen LogP contribution in [0.3, 0.4) is 0 Å². The first-order chi connectivity index (χ1) is 8.43. The molecule has 0 fully saturated rings. The van der Waals surface area contributed by atoms with Gasteiger partial charge in [0.2, 0.25) is 0 Å². The monoisotopic (exact) mass is 223 g/mol. The fourth-order valence-corrected chi connectivity index (χ4v) is 1.54. The third-order valence-electron chi connectivity index (χ3n) is 2.40. The number of aromatic nitrogens is 5. The highest BCUT2D eigenvalue weighted by Crippen LogP contribution is 2.15. The minimum Gasteiger partial charge on any atom is -0.265 e. The van der Waals surface area contributed by atoms with Crippen LogP contribution in [0.25, 0.3) is 16.9 Å². The van der Waals surface area contributed by atoms with Crippen molar-refractivity contribution >= 4 is 0 Å². The molecule has 5 heteroatoms. The van der Waals surface area contributed by atoms with Crippen molar-refractivity contribution in [3.8, 4) is 16.9 Å². The second kappa shape index (κ2) is 4.13. The van der Waals surface area contributed by atoms with Crippen molar-refractivity contribution in [1.29, 1.82) is 0 Å². The molecule has 0 radical (unpaired) electrons. The lowest BCUT2D eigenvalue weighted by Gasteiger charge is -1.97. The molecule has 0 bridgehead atoms. The van der Waals surface area contributed by atoms with Gasteiger partial charge in [-0.15, -0.1) is 5.10 Å².